The summed E-state index contributed by atoms with van der Waals surface area (Å²) < 4.78 is 5.30. The molecule has 1 aliphatic rings. The first kappa shape index (κ1) is 12.1. The number of rotatable bonds is 4. The van der Waals surface area contributed by atoms with Crippen molar-refractivity contribution in [3.8, 4) is 0 Å². The SMILES string of the molecule is Cc1ccc(C(=O)CSC2CCOCC2)s1. The van der Waals surface area contributed by atoms with Gasteiger partial charge in [0.1, 0.15) is 0 Å². The number of Topliss-reactive ketones (excluding diaryl/α,β-unsaturated/α-hetero) is 1. The lowest BCUT2D eigenvalue weighted by molar-refractivity contribution is 0.0989. The second-order valence-corrected chi connectivity index (χ2v) is 6.53. The molecule has 1 aromatic rings. The number of thioether (sulfide) groups is 1. The highest BCUT2D eigenvalue weighted by Gasteiger charge is 2.16. The van der Waals surface area contributed by atoms with E-state index in [0.717, 1.165) is 30.9 Å². The van der Waals surface area contributed by atoms with Gasteiger partial charge in [-0.25, -0.2) is 0 Å². The molecule has 1 aliphatic heterocycles. The van der Waals surface area contributed by atoms with Gasteiger partial charge in [0.05, 0.1) is 10.6 Å². The molecule has 0 atom stereocenters. The summed E-state index contributed by atoms with van der Waals surface area (Å²) >= 11 is 3.38. The number of hydrogen-bond donors (Lipinski definition) is 0. The molecule has 2 heterocycles. The van der Waals surface area contributed by atoms with E-state index in [2.05, 4.69) is 0 Å². The van der Waals surface area contributed by atoms with E-state index in [0.29, 0.717) is 11.0 Å². The Labute approximate surface area is 104 Å². The predicted octanol–water partition coefficient (Wildman–Crippen LogP) is 3.15. The van der Waals surface area contributed by atoms with E-state index in [4.69, 9.17) is 4.74 Å². The van der Waals surface area contributed by atoms with Crippen LogP contribution in [0.2, 0.25) is 0 Å². The first-order valence-corrected chi connectivity index (χ1v) is 7.41. The summed E-state index contributed by atoms with van der Waals surface area (Å²) in [5.74, 6) is 0.888. The molecule has 1 fully saturated rings. The minimum Gasteiger partial charge on any atom is -0.381 e. The second kappa shape index (κ2) is 5.84. The van der Waals surface area contributed by atoms with Gasteiger partial charge in [-0.2, -0.15) is 11.8 Å². The third kappa shape index (κ3) is 3.34. The molecular formula is C12H16O2S2. The van der Waals surface area contributed by atoms with Crippen molar-refractivity contribution in [2.45, 2.75) is 25.0 Å². The van der Waals surface area contributed by atoms with Crippen LogP contribution in [0.3, 0.4) is 0 Å². The van der Waals surface area contributed by atoms with Gasteiger partial charge in [0, 0.05) is 23.3 Å². The number of ether oxygens (including phenoxy) is 1. The minimum absolute atomic E-state index is 0.273. The molecule has 0 aliphatic carbocycles. The topological polar surface area (TPSA) is 26.3 Å². The smallest absolute Gasteiger partial charge is 0.182 e. The Kier molecular flexibility index (Phi) is 4.44. The highest BCUT2D eigenvalue weighted by molar-refractivity contribution is 8.00. The van der Waals surface area contributed by atoms with E-state index in [1.165, 1.54) is 4.88 Å². The van der Waals surface area contributed by atoms with Crippen molar-refractivity contribution in [3.05, 3.63) is 21.9 Å². The fraction of sp³-hybridized carbons (Fsp3) is 0.583. The lowest BCUT2D eigenvalue weighted by atomic mass is 10.2. The largest absolute Gasteiger partial charge is 0.381 e. The Bertz CT molecular complexity index is 354. The van der Waals surface area contributed by atoms with Crippen LogP contribution in [0.4, 0.5) is 0 Å². The summed E-state index contributed by atoms with van der Waals surface area (Å²) in [6.45, 7) is 3.74. The van der Waals surface area contributed by atoms with Crippen LogP contribution in [-0.4, -0.2) is 30.0 Å². The van der Waals surface area contributed by atoms with Crippen LogP contribution < -0.4 is 0 Å². The van der Waals surface area contributed by atoms with Crippen LogP contribution in [0.5, 0.6) is 0 Å². The average Bonchev–Trinajstić information content (AvgIpc) is 2.74. The Morgan fingerprint density at radius 3 is 2.88 bits per heavy atom. The molecule has 1 aromatic heterocycles. The summed E-state index contributed by atoms with van der Waals surface area (Å²) in [4.78, 5) is 14.0. The van der Waals surface area contributed by atoms with Crippen molar-refractivity contribution in [2.24, 2.45) is 0 Å². The number of carbonyl (C=O) groups excluding carboxylic acids is 1. The van der Waals surface area contributed by atoms with Gasteiger partial charge in [-0.1, -0.05) is 0 Å². The van der Waals surface area contributed by atoms with Crippen LogP contribution in [-0.2, 0) is 4.74 Å². The van der Waals surface area contributed by atoms with Gasteiger partial charge in [0.15, 0.2) is 5.78 Å². The Morgan fingerprint density at radius 2 is 2.25 bits per heavy atom. The first-order valence-electron chi connectivity index (χ1n) is 5.54. The predicted molar refractivity (Wildman–Crippen MR) is 69.7 cm³/mol. The van der Waals surface area contributed by atoms with Crippen LogP contribution in [0, 0.1) is 6.92 Å². The van der Waals surface area contributed by atoms with Gasteiger partial charge in [-0.3, -0.25) is 4.79 Å². The Morgan fingerprint density at radius 1 is 1.50 bits per heavy atom. The van der Waals surface area contributed by atoms with E-state index in [9.17, 15) is 4.79 Å². The van der Waals surface area contributed by atoms with E-state index in [-0.39, 0.29) is 5.78 Å². The Balaban J connectivity index is 1.79. The maximum absolute atomic E-state index is 11.9. The molecule has 1 saturated heterocycles. The van der Waals surface area contributed by atoms with Crippen LogP contribution in [0.25, 0.3) is 0 Å². The highest BCUT2D eigenvalue weighted by Crippen LogP contribution is 2.24. The van der Waals surface area contributed by atoms with E-state index < -0.39 is 0 Å². The van der Waals surface area contributed by atoms with Gasteiger partial charge < -0.3 is 4.74 Å². The maximum Gasteiger partial charge on any atom is 0.182 e. The van der Waals surface area contributed by atoms with Crippen LogP contribution >= 0.6 is 23.1 Å². The normalized spacial score (nSPS) is 17.6. The molecule has 2 nitrogen and oxygen atoms in total. The van der Waals surface area contributed by atoms with Crippen molar-refractivity contribution in [3.63, 3.8) is 0 Å². The Hall–Kier alpha value is -0.320. The van der Waals surface area contributed by atoms with Gasteiger partial charge >= 0.3 is 0 Å². The molecule has 16 heavy (non-hydrogen) atoms. The van der Waals surface area contributed by atoms with Crippen molar-refractivity contribution in [2.75, 3.05) is 19.0 Å². The third-order valence-corrected chi connectivity index (χ3v) is 5.05. The van der Waals surface area contributed by atoms with Crippen LogP contribution in [0.15, 0.2) is 12.1 Å². The number of aryl methyl sites for hydroxylation is 1. The molecule has 0 N–H and O–H groups in total. The van der Waals surface area contributed by atoms with Crippen molar-refractivity contribution >= 4 is 28.9 Å². The van der Waals surface area contributed by atoms with E-state index >= 15 is 0 Å². The highest BCUT2D eigenvalue weighted by atomic mass is 32.2. The first-order chi connectivity index (χ1) is 7.75. The summed E-state index contributed by atoms with van der Waals surface area (Å²) in [6, 6.07) is 3.95. The quantitative estimate of drug-likeness (QED) is 0.774. The molecule has 4 heteroatoms. The molecule has 0 amide bonds. The zero-order valence-electron chi connectivity index (χ0n) is 9.40. The number of thiophene rings is 1. The molecular weight excluding hydrogens is 240 g/mol. The van der Waals surface area contributed by atoms with E-state index in [1.807, 2.05) is 19.1 Å². The third-order valence-electron chi connectivity index (χ3n) is 2.63. The minimum atomic E-state index is 0.273. The van der Waals surface area contributed by atoms with Crippen molar-refractivity contribution < 1.29 is 9.53 Å². The lowest BCUT2D eigenvalue weighted by Gasteiger charge is -2.20. The van der Waals surface area contributed by atoms with Crippen LogP contribution in [0.1, 0.15) is 27.4 Å². The zero-order chi connectivity index (χ0) is 11.4. The number of ketones is 1. The van der Waals surface area contributed by atoms with Crippen molar-refractivity contribution in [1.82, 2.24) is 0 Å². The fourth-order valence-corrected chi connectivity index (χ4v) is 3.66. The lowest BCUT2D eigenvalue weighted by Crippen LogP contribution is -2.19. The van der Waals surface area contributed by atoms with Gasteiger partial charge in [-0.15, -0.1) is 11.3 Å². The number of carbonyl (C=O) groups is 1. The summed E-state index contributed by atoms with van der Waals surface area (Å²) in [6.07, 6.45) is 2.17. The molecule has 0 bridgehead atoms. The molecule has 0 spiro atoms. The monoisotopic (exact) mass is 256 g/mol. The zero-order valence-corrected chi connectivity index (χ0v) is 11.0. The average molecular weight is 256 g/mol. The molecule has 88 valence electrons. The maximum atomic E-state index is 11.9. The fourth-order valence-electron chi connectivity index (χ4n) is 1.69. The molecule has 0 saturated carbocycles. The molecule has 0 unspecified atom stereocenters. The van der Waals surface area contributed by atoms with Gasteiger partial charge in [0.25, 0.3) is 0 Å². The second-order valence-electron chi connectivity index (χ2n) is 3.96. The molecule has 2 rings (SSSR count). The van der Waals surface area contributed by atoms with E-state index in [1.54, 1.807) is 23.1 Å². The molecule has 0 aromatic carbocycles. The van der Waals surface area contributed by atoms with Crippen molar-refractivity contribution in [1.29, 1.82) is 0 Å². The summed E-state index contributed by atoms with van der Waals surface area (Å²) in [5.41, 5.74) is 0. The number of hydrogen-bond acceptors (Lipinski definition) is 4. The summed E-state index contributed by atoms with van der Waals surface area (Å²) in [5, 5.41) is 0.610. The van der Waals surface area contributed by atoms with Gasteiger partial charge in [-0.05, 0) is 31.9 Å². The molecule has 0 radical (unpaired) electrons. The summed E-state index contributed by atoms with van der Waals surface area (Å²) in [7, 11) is 0. The standard InChI is InChI=1S/C12H16O2S2/c1-9-2-3-12(16-9)11(13)8-15-10-4-6-14-7-5-10/h2-3,10H,4-8H2,1H3. The van der Waals surface area contributed by atoms with Gasteiger partial charge in [0.2, 0.25) is 0 Å².